The van der Waals surface area contributed by atoms with Crippen LogP contribution in [0.4, 0.5) is 0 Å². The number of carbonyl (C=O) groups is 4. The van der Waals surface area contributed by atoms with Gasteiger partial charge in [0.25, 0.3) is 0 Å². The number of rotatable bonds is 25. The highest BCUT2D eigenvalue weighted by molar-refractivity contribution is 5.80. The topological polar surface area (TPSA) is 120 Å². The van der Waals surface area contributed by atoms with Crippen molar-refractivity contribution >= 4 is 23.3 Å². The fourth-order valence-electron chi connectivity index (χ4n) is 4.60. The third-order valence-electron chi connectivity index (χ3n) is 7.30. The normalized spacial score (nSPS) is 13.4. The lowest BCUT2D eigenvalue weighted by Crippen LogP contribution is -2.59. The number of hydrogen-bond acceptors (Lipinski definition) is 9. The number of ketones is 3. The largest absolute Gasteiger partial charge is 0.378 e. The van der Waals surface area contributed by atoms with Gasteiger partial charge in [0, 0.05) is 55.6 Å². The Morgan fingerprint density at radius 2 is 1.14 bits per heavy atom. The number of Topliss-reactive ketones (excluding diaryl/α,β-unsaturated/α-hetero) is 3. The highest BCUT2D eigenvalue weighted by Crippen LogP contribution is 2.21. The van der Waals surface area contributed by atoms with Crippen LogP contribution in [0.25, 0.3) is 0 Å². The van der Waals surface area contributed by atoms with Crippen LogP contribution in [-0.2, 0) is 38.1 Å². The van der Waals surface area contributed by atoms with Crippen LogP contribution in [0.1, 0.15) is 108 Å². The van der Waals surface area contributed by atoms with Gasteiger partial charge in [0.15, 0.2) is 0 Å². The highest BCUT2D eigenvalue weighted by Gasteiger charge is 2.40. The lowest BCUT2D eigenvalue weighted by Gasteiger charge is -2.42. The van der Waals surface area contributed by atoms with Gasteiger partial charge in [-0.25, -0.2) is 0 Å². The monoisotopic (exact) mass is 628 g/mol. The molecule has 0 spiro atoms. The van der Waals surface area contributed by atoms with Crippen molar-refractivity contribution in [3.63, 3.8) is 0 Å². The molecule has 0 aromatic carbocycles. The maximum atomic E-state index is 13.7. The van der Waals surface area contributed by atoms with Gasteiger partial charge in [-0.2, -0.15) is 0 Å². The molecule has 0 aromatic heterocycles. The Morgan fingerprint density at radius 1 is 0.705 bits per heavy atom. The highest BCUT2D eigenvalue weighted by atomic mass is 16.5. The van der Waals surface area contributed by atoms with E-state index in [1.165, 1.54) is 0 Å². The van der Waals surface area contributed by atoms with Crippen LogP contribution in [0, 0.1) is 11.8 Å². The third-order valence-corrected chi connectivity index (χ3v) is 7.30. The Balaban J connectivity index is 5.84. The summed E-state index contributed by atoms with van der Waals surface area (Å²) in [6.07, 6.45) is 0.957. The Hall–Kier alpha value is -1.72. The van der Waals surface area contributed by atoms with E-state index in [9.17, 15) is 19.2 Å². The van der Waals surface area contributed by atoms with Crippen molar-refractivity contribution < 1.29 is 38.1 Å². The molecule has 0 aliphatic heterocycles. The van der Waals surface area contributed by atoms with Crippen molar-refractivity contribution in [2.45, 2.75) is 131 Å². The molecule has 44 heavy (non-hydrogen) atoms. The minimum Gasteiger partial charge on any atom is -0.378 e. The van der Waals surface area contributed by atoms with Crippen LogP contribution >= 0.6 is 0 Å². The van der Waals surface area contributed by atoms with Crippen LogP contribution in [-0.4, -0.2) is 104 Å². The molecule has 0 aliphatic carbocycles. The van der Waals surface area contributed by atoms with Gasteiger partial charge in [0.1, 0.15) is 22.9 Å². The molecule has 0 heterocycles. The van der Waals surface area contributed by atoms with Gasteiger partial charge in [-0.1, -0.05) is 34.6 Å². The van der Waals surface area contributed by atoms with Crippen LogP contribution in [0.15, 0.2) is 0 Å². The molecule has 0 saturated carbocycles. The Labute approximate surface area is 267 Å². The fraction of sp³-hybridized carbons (Fsp3) is 0.882. The summed E-state index contributed by atoms with van der Waals surface area (Å²) >= 11 is 0. The first kappa shape index (κ1) is 42.3. The van der Waals surface area contributed by atoms with Crippen molar-refractivity contribution in [1.29, 1.82) is 0 Å². The van der Waals surface area contributed by atoms with Crippen molar-refractivity contribution in [2.75, 3.05) is 53.3 Å². The van der Waals surface area contributed by atoms with Gasteiger partial charge in [-0.15, -0.1) is 0 Å². The van der Waals surface area contributed by atoms with E-state index >= 15 is 0 Å². The van der Waals surface area contributed by atoms with Gasteiger partial charge in [-0.3, -0.25) is 19.2 Å². The first-order valence-electron chi connectivity index (χ1n) is 16.2. The average Bonchev–Trinajstić information content (AvgIpc) is 2.91. The third kappa shape index (κ3) is 18.3. The first-order chi connectivity index (χ1) is 20.2. The number of likely N-dealkylation sites (N-methyl/N-ethyl adjacent to an activating group) is 1. The zero-order chi connectivity index (χ0) is 34.1. The van der Waals surface area contributed by atoms with Crippen LogP contribution in [0.5, 0.6) is 0 Å². The summed E-state index contributed by atoms with van der Waals surface area (Å²) < 4.78 is 24.1. The van der Waals surface area contributed by atoms with Crippen molar-refractivity contribution in [3.8, 4) is 0 Å². The molecular weight excluding hydrogens is 564 g/mol. The number of nitrogens with zero attached hydrogens (tertiary/aromatic N) is 1. The van der Waals surface area contributed by atoms with Crippen molar-refractivity contribution in [2.24, 2.45) is 11.8 Å². The average molecular weight is 629 g/mol. The Bertz CT molecular complexity index is 851. The van der Waals surface area contributed by atoms with E-state index in [1.54, 1.807) is 18.9 Å². The molecule has 1 N–H and O–H groups in total. The van der Waals surface area contributed by atoms with E-state index in [-0.39, 0.29) is 118 Å². The molecule has 1 amide bonds. The number of amides is 1. The second-order valence-electron chi connectivity index (χ2n) is 14.3. The molecule has 258 valence electrons. The molecule has 0 saturated heterocycles. The summed E-state index contributed by atoms with van der Waals surface area (Å²) in [5, 5.41) is 3.54. The molecule has 10 heteroatoms. The molecule has 0 rings (SSSR count). The summed E-state index contributed by atoms with van der Waals surface area (Å²) in [5.74, 6) is -0.115. The van der Waals surface area contributed by atoms with Crippen LogP contribution in [0.2, 0.25) is 0 Å². The zero-order valence-electron chi connectivity index (χ0n) is 29.9. The summed E-state index contributed by atoms with van der Waals surface area (Å²) in [4.78, 5) is 51.6. The standard InChI is InChI=1S/C34H64N2O8/c1-13-28(37)14-17-41-22-34(23-42-18-15-29(38)25(2)3,24-43-19-16-30(39)26(4)5)36(12)31(40)20-27(6)44-21-33(10,11)35-32(7,8)9/h25-27,35H,13-24H2,1-12H3. The van der Waals surface area contributed by atoms with Gasteiger partial charge >= 0.3 is 0 Å². The van der Waals surface area contributed by atoms with E-state index in [0.717, 1.165) is 0 Å². The molecular formula is C34H64N2O8. The lowest BCUT2D eigenvalue weighted by atomic mass is 9.99. The molecule has 1 atom stereocenters. The predicted molar refractivity (Wildman–Crippen MR) is 174 cm³/mol. The molecule has 0 aliphatic rings. The fourth-order valence-corrected chi connectivity index (χ4v) is 4.60. The second kappa shape index (κ2) is 20.4. The van der Waals surface area contributed by atoms with Gasteiger partial charge in [0.2, 0.25) is 5.91 Å². The summed E-state index contributed by atoms with van der Waals surface area (Å²) in [6.45, 7) is 22.6. The summed E-state index contributed by atoms with van der Waals surface area (Å²) in [7, 11) is 1.69. The lowest BCUT2D eigenvalue weighted by molar-refractivity contribution is -0.153. The summed E-state index contributed by atoms with van der Waals surface area (Å²) in [6, 6.07) is 0. The minimum absolute atomic E-state index is 0.0538. The van der Waals surface area contributed by atoms with E-state index < -0.39 is 5.54 Å². The number of carbonyl (C=O) groups excluding carboxylic acids is 4. The van der Waals surface area contributed by atoms with E-state index in [4.69, 9.17) is 18.9 Å². The van der Waals surface area contributed by atoms with E-state index in [2.05, 4.69) is 39.9 Å². The van der Waals surface area contributed by atoms with Crippen molar-refractivity contribution in [1.82, 2.24) is 10.2 Å². The van der Waals surface area contributed by atoms with Gasteiger partial charge in [-0.05, 0) is 41.5 Å². The smallest absolute Gasteiger partial charge is 0.225 e. The predicted octanol–water partition coefficient (Wildman–Crippen LogP) is 4.79. The van der Waals surface area contributed by atoms with Crippen LogP contribution < -0.4 is 5.32 Å². The Kier molecular flexibility index (Phi) is 19.6. The zero-order valence-corrected chi connectivity index (χ0v) is 29.9. The molecule has 1 unspecified atom stereocenters. The number of nitrogens with one attached hydrogen (secondary N) is 1. The van der Waals surface area contributed by atoms with E-state index in [1.807, 2.05) is 34.6 Å². The molecule has 10 nitrogen and oxygen atoms in total. The molecule has 0 bridgehead atoms. The van der Waals surface area contributed by atoms with Crippen LogP contribution in [0.3, 0.4) is 0 Å². The Morgan fingerprint density at radius 3 is 1.52 bits per heavy atom. The first-order valence-corrected chi connectivity index (χ1v) is 16.2. The maximum absolute atomic E-state index is 13.7. The molecule has 0 fully saturated rings. The van der Waals surface area contributed by atoms with Gasteiger partial charge in [0.05, 0.1) is 58.8 Å². The SMILES string of the molecule is CCC(=O)CCOCC(COCCC(=O)C(C)C)(COCCC(=O)C(C)C)N(C)C(=O)CC(C)OCC(C)(C)NC(C)(C)C. The molecule has 0 radical (unpaired) electrons. The minimum atomic E-state index is -1.05. The van der Waals surface area contributed by atoms with Crippen molar-refractivity contribution in [3.05, 3.63) is 0 Å². The number of hydrogen-bond donors (Lipinski definition) is 1. The second-order valence-corrected chi connectivity index (χ2v) is 14.3. The van der Waals surface area contributed by atoms with E-state index in [0.29, 0.717) is 13.0 Å². The summed E-state index contributed by atoms with van der Waals surface area (Å²) in [5.41, 5.74) is -1.44. The molecule has 0 aromatic rings. The number of ether oxygens (including phenoxy) is 4. The van der Waals surface area contributed by atoms with Gasteiger partial charge < -0.3 is 29.2 Å². The maximum Gasteiger partial charge on any atom is 0.225 e. The quantitative estimate of drug-likeness (QED) is 0.142.